The molecule has 0 aromatic heterocycles. The molecule has 13 heavy (non-hydrogen) atoms. The maximum absolute atomic E-state index is 11.6. The van der Waals surface area contributed by atoms with E-state index in [0.717, 1.165) is 37.8 Å². The van der Waals surface area contributed by atoms with E-state index in [2.05, 4.69) is 5.32 Å². The first kappa shape index (κ1) is 8.95. The number of hydrogen-bond acceptors (Lipinski definition) is 2. The lowest BCUT2D eigenvalue weighted by atomic mass is 10.0. The summed E-state index contributed by atoms with van der Waals surface area (Å²) in [5.41, 5.74) is 0. The highest BCUT2D eigenvalue weighted by Crippen LogP contribution is 2.38. The largest absolute Gasteiger partial charge is 0.316 e. The highest BCUT2D eigenvalue weighted by molar-refractivity contribution is 5.91. The quantitative estimate of drug-likeness (QED) is 0.649. The van der Waals surface area contributed by atoms with E-state index in [0.29, 0.717) is 11.7 Å². The van der Waals surface area contributed by atoms with Crippen molar-refractivity contribution in [1.29, 1.82) is 0 Å². The molecule has 2 fully saturated rings. The van der Waals surface area contributed by atoms with Gasteiger partial charge < -0.3 is 5.32 Å². The summed E-state index contributed by atoms with van der Waals surface area (Å²) in [5.74, 6) is 2.23. The molecular weight excluding hydrogens is 162 g/mol. The topological polar surface area (TPSA) is 29.1 Å². The third kappa shape index (κ3) is 1.68. The van der Waals surface area contributed by atoms with Crippen molar-refractivity contribution in [2.75, 3.05) is 13.1 Å². The second kappa shape index (κ2) is 3.62. The maximum Gasteiger partial charge on any atom is 0.158 e. The molecule has 1 saturated heterocycles. The van der Waals surface area contributed by atoms with Crippen molar-refractivity contribution in [3.8, 4) is 0 Å². The van der Waals surface area contributed by atoms with Crippen LogP contribution in [0.5, 0.6) is 0 Å². The zero-order chi connectivity index (χ0) is 9.26. The molecule has 0 radical (unpaired) electrons. The van der Waals surface area contributed by atoms with Gasteiger partial charge in [-0.3, -0.25) is 4.79 Å². The molecule has 72 valence electrons. The lowest BCUT2D eigenvalue weighted by molar-refractivity contribution is -0.118. The van der Waals surface area contributed by atoms with Crippen LogP contribution in [0, 0.1) is 17.8 Å². The summed E-state index contributed by atoms with van der Waals surface area (Å²) in [5, 5.41) is 3.39. The highest BCUT2D eigenvalue weighted by atomic mass is 16.1. The molecule has 2 rings (SSSR count). The van der Waals surface area contributed by atoms with E-state index in [-0.39, 0.29) is 0 Å². The number of allylic oxidation sites excluding steroid dienone is 2. The third-order valence-electron chi connectivity index (χ3n) is 3.39. The molecule has 2 atom stereocenters. The molecule has 1 N–H and O–H groups in total. The van der Waals surface area contributed by atoms with E-state index >= 15 is 0 Å². The molecule has 2 nitrogen and oxygen atoms in total. The summed E-state index contributed by atoms with van der Waals surface area (Å²) in [6.07, 6.45) is 5.81. The molecule has 0 bridgehead atoms. The standard InChI is InChI=1S/C11H17NO/c1-2-3-11(13)8-4-9-6-12-7-10(9)5-8/h2-3,8-10,12H,4-7H2,1H3/b3-2+. The second-order valence-corrected chi connectivity index (χ2v) is 4.25. The monoisotopic (exact) mass is 179 g/mol. The minimum Gasteiger partial charge on any atom is -0.316 e. The fourth-order valence-corrected chi connectivity index (χ4v) is 2.70. The van der Waals surface area contributed by atoms with Gasteiger partial charge in [-0.05, 0) is 50.8 Å². The first-order valence-corrected chi connectivity index (χ1v) is 5.18. The van der Waals surface area contributed by atoms with Crippen LogP contribution < -0.4 is 5.32 Å². The number of carbonyl (C=O) groups is 1. The second-order valence-electron chi connectivity index (χ2n) is 4.25. The van der Waals surface area contributed by atoms with Crippen LogP contribution in [0.1, 0.15) is 19.8 Å². The Morgan fingerprint density at radius 1 is 1.31 bits per heavy atom. The van der Waals surface area contributed by atoms with Crippen molar-refractivity contribution in [2.24, 2.45) is 17.8 Å². The average Bonchev–Trinajstić information content (AvgIpc) is 2.61. The van der Waals surface area contributed by atoms with E-state index in [4.69, 9.17) is 0 Å². The number of hydrogen-bond donors (Lipinski definition) is 1. The lowest BCUT2D eigenvalue weighted by Gasteiger charge is -2.06. The Bertz CT molecular complexity index is 222. The normalized spacial score (nSPS) is 38.4. The van der Waals surface area contributed by atoms with E-state index in [1.54, 1.807) is 6.08 Å². The Labute approximate surface area is 79.4 Å². The van der Waals surface area contributed by atoms with E-state index in [9.17, 15) is 4.79 Å². The van der Waals surface area contributed by atoms with Crippen LogP contribution in [0.3, 0.4) is 0 Å². The number of fused-ring (bicyclic) bond motifs is 1. The summed E-state index contributed by atoms with van der Waals surface area (Å²) in [6, 6.07) is 0. The van der Waals surface area contributed by atoms with Crippen molar-refractivity contribution in [3.05, 3.63) is 12.2 Å². The van der Waals surface area contributed by atoms with Gasteiger partial charge in [0.25, 0.3) is 0 Å². The van der Waals surface area contributed by atoms with Gasteiger partial charge in [-0.15, -0.1) is 0 Å². The first-order chi connectivity index (χ1) is 6.31. The summed E-state index contributed by atoms with van der Waals surface area (Å²) >= 11 is 0. The molecule has 2 unspecified atom stereocenters. The van der Waals surface area contributed by atoms with E-state index in [1.807, 2.05) is 13.0 Å². The summed E-state index contributed by atoms with van der Waals surface area (Å²) < 4.78 is 0. The van der Waals surface area contributed by atoms with Crippen molar-refractivity contribution in [3.63, 3.8) is 0 Å². The Morgan fingerprint density at radius 2 is 1.92 bits per heavy atom. The predicted octanol–water partition coefficient (Wildman–Crippen LogP) is 1.38. The molecule has 2 aliphatic rings. The van der Waals surface area contributed by atoms with Crippen molar-refractivity contribution in [2.45, 2.75) is 19.8 Å². The average molecular weight is 179 g/mol. The molecule has 2 heteroatoms. The number of nitrogens with one attached hydrogen (secondary N) is 1. The third-order valence-corrected chi connectivity index (χ3v) is 3.39. The fourth-order valence-electron chi connectivity index (χ4n) is 2.70. The van der Waals surface area contributed by atoms with E-state index < -0.39 is 0 Å². The number of rotatable bonds is 2. The van der Waals surface area contributed by atoms with Crippen LogP contribution in [-0.4, -0.2) is 18.9 Å². The maximum atomic E-state index is 11.6. The highest BCUT2D eigenvalue weighted by Gasteiger charge is 2.39. The van der Waals surface area contributed by atoms with Gasteiger partial charge >= 0.3 is 0 Å². The Hall–Kier alpha value is -0.630. The van der Waals surface area contributed by atoms with Crippen LogP contribution in [0.4, 0.5) is 0 Å². The predicted molar refractivity (Wildman–Crippen MR) is 52.4 cm³/mol. The molecule has 1 aliphatic carbocycles. The van der Waals surface area contributed by atoms with Crippen LogP contribution >= 0.6 is 0 Å². The SMILES string of the molecule is C/C=C/C(=O)C1CC2CNCC2C1. The molecule has 0 amide bonds. The number of ketones is 1. The van der Waals surface area contributed by atoms with Gasteiger partial charge in [-0.25, -0.2) is 0 Å². The lowest BCUT2D eigenvalue weighted by Crippen LogP contribution is -2.15. The van der Waals surface area contributed by atoms with Gasteiger partial charge in [0.05, 0.1) is 0 Å². The summed E-state index contributed by atoms with van der Waals surface area (Å²) in [6.45, 7) is 4.17. The Balaban J connectivity index is 1.95. The molecule has 1 saturated carbocycles. The number of carbonyl (C=O) groups excluding carboxylic acids is 1. The van der Waals surface area contributed by atoms with Crippen LogP contribution in [0.15, 0.2) is 12.2 Å². The van der Waals surface area contributed by atoms with Gasteiger partial charge in [0.15, 0.2) is 5.78 Å². The van der Waals surface area contributed by atoms with Gasteiger partial charge in [0.1, 0.15) is 0 Å². The molecular formula is C11H17NO. The van der Waals surface area contributed by atoms with Crippen molar-refractivity contribution >= 4 is 5.78 Å². The molecule has 0 spiro atoms. The van der Waals surface area contributed by atoms with Crippen LogP contribution in [-0.2, 0) is 4.79 Å². The summed E-state index contributed by atoms with van der Waals surface area (Å²) in [4.78, 5) is 11.6. The van der Waals surface area contributed by atoms with Crippen molar-refractivity contribution in [1.82, 2.24) is 5.32 Å². The molecule has 0 aromatic carbocycles. The smallest absolute Gasteiger partial charge is 0.158 e. The zero-order valence-corrected chi connectivity index (χ0v) is 8.12. The first-order valence-electron chi connectivity index (χ1n) is 5.18. The van der Waals surface area contributed by atoms with E-state index in [1.165, 1.54) is 0 Å². The molecule has 0 aromatic rings. The van der Waals surface area contributed by atoms with Gasteiger partial charge in [-0.1, -0.05) is 6.08 Å². The molecule has 1 heterocycles. The van der Waals surface area contributed by atoms with Crippen LogP contribution in [0.25, 0.3) is 0 Å². The fraction of sp³-hybridized carbons (Fsp3) is 0.727. The van der Waals surface area contributed by atoms with Gasteiger partial charge in [-0.2, -0.15) is 0 Å². The Kier molecular flexibility index (Phi) is 2.49. The van der Waals surface area contributed by atoms with Crippen LogP contribution in [0.2, 0.25) is 0 Å². The van der Waals surface area contributed by atoms with Gasteiger partial charge in [0, 0.05) is 5.92 Å². The Morgan fingerprint density at radius 3 is 2.46 bits per heavy atom. The summed E-state index contributed by atoms with van der Waals surface area (Å²) in [7, 11) is 0. The zero-order valence-electron chi connectivity index (χ0n) is 8.12. The van der Waals surface area contributed by atoms with Crippen molar-refractivity contribution < 1.29 is 4.79 Å². The minimum atomic E-state index is 0.327. The van der Waals surface area contributed by atoms with Gasteiger partial charge in [0.2, 0.25) is 0 Å². The molecule has 1 aliphatic heterocycles. The minimum absolute atomic E-state index is 0.327.